The molecule has 1 saturated carbocycles. The van der Waals surface area contributed by atoms with E-state index in [1.165, 1.54) is 13.2 Å². The molecule has 2 fully saturated rings. The summed E-state index contributed by atoms with van der Waals surface area (Å²) in [5.74, 6) is 1.77. The van der Waals surface area contributed by atoms with Gasteiger partial charge in [0.15, 0.2) is 0 Å². The van der Waals surface area contributed by atoms with E-state index in [0.717, 1.165) is 49.6 Å². The Morgan fingerprint density at radius 1 is 1.11 bits per heavy atom. The quantitative estimate of drug-likeness (QED) is 0.617. The Bertz CT molecular complexity index is 1010. The van der Waals surface area contributed by atoms with Gasteiger partial charge in [0, 0.05) is 31.4 Å². The van der Waals surface area contributed by atoms with Crippen LogP contribution in [0, 0.1) is 0 Å². The van der Waals surface area contributed by atoms with E-state index in [1.54, 1.807) is 6.20 Å². The van der Waals surface area contributed by atoms with Crippen molar-refractivity contribution in [1.82, 2.24) is 10.3 Å². The molecule has 1 aromatic carbocycles. The minimum absolute atomic E-state index is 0.0135. The van der Waals surface area contributed by atoms with E-state index in [2.05, 4.69) is 20.5 Å². The highest BCUT2D eigenvalue weighted by atomic mass is 19.4. The summed E-state index contributed by atoms with van der Waals surface area (Å²) in [6.45, 7) is 2.94. The van der Waals surface area contributed by atoms with Crippen LogP contribution in [0.2, 0.25) is 0 Å². The Kier molecular flexibility index (Phi) is 7.84. The lowest BCUT2D eigenvalue weighted by Crippen LogP contribution is -2.41. The van der Waals surface area contributed by atoms with Crippen molar-refractivity contribution in [2.75, 3.05) is 43.6 Å². The number of carbonyl (C=O) groups is 1. The van der Waals surface area contributed by atoms with Gasteiger partial charge in [-0.25, -0.2) is 9.78 Å². The topological polar surface area (TPSA) is 85.0 Å². The Labute approximate surface area is 201 Å². The zero-order chi connectivity index (χ0) is 24.8. The standard InChI is InChI=1S/C24H29F3N4O4/c1-33-21-7-2-16(24(25,26)27)14-20(21)30-23(32)29-17-3-5-18(6-4-17)35-19-8-9-28-22(15-19)31-10-12-34-13-11-31/h2,7-9,14-15,17-18H,3-6,10-13H2,1H3,(H2,29,30,32)/t17-,18-. The largest absolute Gasteiger partial charge is 0.495 e. The molecule has 0 unspecified atom stereocenters. The number of rotatable bonds is 6. The summed E-state index contributed by atoms with van der Waals surface area (Å²) < 4.78 is 55.7. The number of nitrogens with zero attached hydrogens (tertiary/aromatic N) is 2. The number of hydrogen-bond acceptors (Lipinski definition) is 6. The van der Waals surface area contributed by atoms with Gasteiger partial charge >= 0.3 is 12.2 Å². The third kappa shape index (κ3) is 6.68. The van der Waals surface area contributed by atoms with E-state index in [0.29, 0.717) is 26.1 Å². The van der Waals surface area contributed by atoms with Crippen LogP contribution in [0.3, 0.4) is 0 Å². The van der Waals surface area contributed by atoms with Crippen LogP contribution in [0.1, 0.15) is 31.2 Å². The molecule has 0 radical (unpaired) electrons. The van der Waals surface area contributed by atoms with Crippen LogP contribution in [-0.4, -0.2) is 56.6 Å². The molecular weight excluding hydrogens is 465 g/mol. The molecule has 0 spiro atoms. The first-order valence-electron chi connectivity index (χ1n) is 11.6. The fourth-order valence-electron chi connectivity index (χ4n) is 4.28. The summed E-state index contributed by atoms with van der Waals surface area (Å²) in [5, 5.41) is 5.33. The number of ether oxygens (including phenoxy) is 3. The number of amides is 2. The molecule has 2 amide bonds. The average Bonchev–Trinajstić information content (AvgIpc) is 2.85. The zero-order valence-corrected chi connectivity index (χ0v) is 19.4. The molecule has 8 nitrogen and oxygen atoms in total. The van der Waals surface area contributed by atoms with Gasteiger partial charge in [0.1, 0.15) is 17.3 Å². The van der Waals surface area contributed by atoms with Gasteiger partial charge in [-0.3, -0.25) is 0 Å². The van der Waals surface area contributed by atoms with E-state index in [1.807, 2.05) is 12.1 Å². The number of pyridine rings is 1. The summed E-state index contributed by atoms with van der Waals surface area (Å²) in [7, 11) is 1.33. The van der Waals surface area contributed by atoms with Gasteiger partial charge < -0.3 is 29.7 Å². The molecule has 1 saturated heterocycles. The van der Waals surface area contributed by atoms with Crippen molar-refractivity contribution in [1.29, 1.82) is 0 Å². The molecule has 0 atom stereocenters. The first-order valence-corrected chi connectivity index (χ1v) is 11.6. The summed E-state index contributed by atoms with van der Waals surface area (Å²) in [4.78, 5) is 19.1. The first kappa shape index (κ1) is 24.9. The monoisotopic (exact) mass is 494 g/mol. The SMILES string of the molecule is COc1ccc(C(F)(F)F)cc1NC(=O)N[C@H]1CC[C@H](Oc2ccnc(N3CCOCC3)c2)CC1. The number of methoxy groups -OCH3 is 1. The molecule has 190 valence electrons. The van der Waals surface area contributed by atoms with Gasteiger partial charge in [-0.2, -0.15) is 13.2 Å². The van der Waals surface area contributed by atoms with Crippen LogP contribution in [0.15, 0.2) is 36.5 Å². The molecule has 1 aliphatic carbocycles. The highest BCUT2D eigenvalue weighted by Gasteiger charge is 2.31. The van der Waals surface area contributed by atoms with Crippen LogP contribution < -0.4 is 25.0 Å². The van der Waals surface area contributed by atoms with Crippen LogP contribution in [0.25, 0.3) is 0 Å². The average molecular weight is 495 g/mol. The van der Waals surface area contributed by atoms with Gasteiger partial charge in [-0.05, 0) is 49.9 Å². The van der Waals surface area contributed by atoms with E-state index in [9.17, 15) is 18.0 Å². The highest BCUT2D eigenvalue weighted by Crippen LogP contribution is 2.35. The predicted octanol–water partition coefficient (Wildman–Crippen LogP) is 4.46. The lowest BCUT2D eigenvalue weighted by Gasteiger charge is -2.30. The third-order valence-corrected chi connectivity index (χ3v) is 6.14. The Balaban J connectivity index is 1.27. The van der Waals surface area contributed by atoms with Crippen LogP contribution in [-0.2, 0) is 10.9 Å². The van der Waals surface area contributed by atoms with Crippen LogP contribution in [0.4, 0.5) is 29.5 Å². The minimum atomic E-state index is -4.52. The summed E-state index contributed by atoms with van der Waals surface area (Å²) in [6, 6.07) is 6.06. The molecule has 0 bridgehead atoms. The molecule has 2 N–H and O–H groups in total. The van der Waals surface area contributed by atoms with Gasteiger partial charge in [0.25, 0.3) is 0 Å². The van der Waals surface area contributed by atoms with E-state index in [4.69, 9.17) is 14.2 Å². The number of aromatic nitrogens is 1. The lowest BCUT2D eigenvalue weighted by atomic mass is 9.93. The molecule has 1 aliphatic heterocycles. The number of urea groups is 1. The molecule has 11 heteroatoms. The van der Waals surface area contributed by atoms with E-state index >= 15 is 0 Å². The maximum Gasteiger partial charge on any atom is 0.416 e. The fraction of sp³-hybridized carbons (Fsp3) is 0.500. The van der Waals surface area contributed by atoms with Gasteiger partial charge in [0.05, 0.1) is 37.7 Å². The van der Waals surface area contributed by atoms with Crippen molar-refractivity contribution in [3.05, 3.63) is 42.1 Å². The van der Waals surface area contributed by atoms with Crippen molar-refractivity contribution in [3.63, 3.8) is 0 Å². The second-order valence-electron chi connectivity index (χ2n) is 8.55. The molecule has 1 aromatic heterocycles. The number of alkyl halides is 3. The second-order valence-corrected chi connectivity index (χ2v) is 8.55. The minimum Gasteiger partial charge on any atom is -0.495 e. The first-order chi connectivity index (χ1) is 16.8. The molecule has 35 heavy (non-hydrogen) atoms. The number of halogens is 3. The predicted molar refractivity (Wildman–Crippen MR) is 124 cm³/mol. The molecule has 4 rings (SSSR count). The van der Waals surface area contributed by atoms with Gasteiger partial charge in [-0.1, -0.05) is 0 Å². The van der Waals surface area contributed by atoms with Crippen molar-refractivity contribution in [2.24, 2.45) is 0 Å². The normalized spacial score (nSPS) is 20.7. The Morgan fingerprint density at radius 2 is 1.86 bits per heavy atom. The van der Waals surface area contributed by atoms with E-state index in [-0.39, 0.29) is 23.6 Å². The highest BCUT2D eigenvalue weighted by molar-refractivity contribution is 5.91. The number of carbonyl (C=O) groups excluding carboxylic acids is 1. The van der Waals surface area contributed by atoms with Crippen LogP contribution in [0.5, 0.6) is 11.5 Å². The van der Waals surface area contributed by atoms with E-state index < -0.39 is 17.8 Å². The molecule has 2 aromatic rings. The second kappa shape index (κ2) is 11.0. The van der Waals surface area contributed by atoms with Crippen molar-refractivity contribution in [3.8, 4) is 11.5 Å². The maximum atomic E-state index is 13.0. The number of nitrogens with one attached hydrogen (secondary N) is 2. The number of benzene rings is 1. The number of morpholine rings is 1. The molecule has 2 heterocycles. The fourth-order valence-corrected chi connectivity index (χ4v) is 4.28. The maximum absolute atomic E-state index is 13.0. The van der Waals surface area contributed by atoms with Crippen molar-refractivity contribution < 1.29 is 32.2 Å². The lowest BCUT2D eigenvalue weighted by molar-refractivity contribution is -0.137. The summed E-state index contributed by atoms with van der Waals surface area (Å²) >= 11 is 0. The van der Waals surface area contributed by atoms with Crippen molar-refractivity contribution in [2.45, 2.75) is 44.0 Å². The van der Waals surface area contributed by atoms with Gasteiger partial charge in [-0.15, -0.1) is 0 Å². The Hall–Kier alpha value is -3.21. The number of hydrogen-bond donors (Lipinski definition) is 2. The molecule has 2 aliphatic rings. The number of anilines is 2. The van der Waals surface area contributed by atoms with Crippen LogP contribution >= 0.6 is 0 Å². The van der Waals surface area contributed by atoms with Gasteiger partial charge in [0.2, 0.25) is 0 Å². The summed E-state index contributed by atoms with van der Waals surface area (Å²) in [6.07, 6.45) is 0.104. The molecular formula is C24H29F3N4O4. The zero-order valence-electron chi connectivity index (χ0n) is 19.4. The Morgan fingerprint density at radius 3 is 2.54 bits per heavy atom. The third-order valence-electron chi connectivity index (χ3n) is 6.14. The van der Waals surface area contributed by atoms with Crippen molar-refractivity contribution >= 4 is 17.5 Å². The smallest absolute Gasteiger partial charge is 0.416 e. The summed E-state index contributed by atoms with van der Waals surface area (Å²) in [5.41, 5.74) is -0.898.